The Labute approximate surface area is 115 Å². The van der Waals surface area contributed by atoms with E-state index in [1.54, 1.807) is 13.2 Å². The Morgan fingerprint density at radius 3 is 2.42 bits per heavy atom. The molecule has 1 unspecified atom stereocenters. The maximum atomic E-state index is 11.6. The third-order valence-corrected chi connectivity index (χ3v) is 4.14. The molecule has 0 spiro atoms. The Bertz CT molecular complexity index is 441. The van der Waals surface area contributed by atoms with Crippen LogP contribution in [0.25, 0.3) is 0 Å². The Hall–Kier alpha value is -0.890. The molecule has 0 bridgehead atoms. The maximum Gasteiger partial charge on any atom is 0.276 e. The van der Waals surface area contributed by atoms with Crippen molar-refractivity contribution in [1.82, 2.24) is 14.3 Å². The van der Waals surface area contributed by atoms with Crippen molar-refractivity contribution in [2.75, 3.05) is 26.2 Å². The van der Waals surface area contributed by atoms with Crippen LogP contribution in [0.5, 0.6) is 0 Å². The van der Waals surface area contributed by atoms with Gasteiger partial charge in [0, 0.05) is 13.1 Å². The van der Waals surface area contributed by atoms with Gasteiger partial charge in [0.2, 0.25) is 0 Å². The van der Waals surface area contributed by atoms with E-state index in [9.17, 15) is 8.42 Å². The number of hydrogen-bond donors (Lipinski definition) is 2. The van der Waals surface area contributed by atoms with Gasteiger partial charge in [-0.2, -0.15) is 8.42 Å². The van der Waals surface area contributed by atoms with E-state index in [4.69, 9.17) is 4.42 Å². The molecule has 0 aliphatic carbocycles. The molecule has 7 heteroatoms. The lowest BCUT2D eigenvalue weighted by molar-refractivity contribution is 0.194. The van der Waals surface area contributed by atoms with Crippen LogP contribution >= 0.6 is 0 Å². The van der Waals surface area contributed by atoms with Crippen LogP contribution in [0.15, 0.2) is 22.8 Å². The first-order valence-electron chi connectivity index (χ1n) is 6.55. The predicted octanol–water partition coefficient (Wildman–Crippen LogP) is 1.11. The molecule has 1 atom stereocenters. The first kappa shape index (κ1) is 16.2. The van der Waals surface area contributed by atoms with Crippen LogP contribution < -0.4 is 9.44 Å². The molecule has 1 aromatic rings. The number of nitrogens with zero attached hydrogens (tertiary/aromatic N) is 1. The van der Waals surface area contributed by atoms with Gasteiger partial charge in [-0.15, -0.1) is 0 Å². The second-order valence-electron chi connectivity index (χ2n) is 4.10. The SMILES string of the molecule is CCNS(=O)(=O)NCC(c1ccco1)N(CC)CC. The van der Waals surface area contributed by atoms with Gasteiger partial charge in [-0.05, 0) is 25.2 Å². The highest BCUT2D eigenvalue weighted by molar-refractivity contribution is 7.87. The smallest absolute Gasteiger partial charge is 0.276 e. The summed E-state index contributed by atoms with van der Waals surface area (Å²) < 4.78 is 33.6. The number of furan rings is 1. The summed E-state index contributed by atoms with van der Waals surface area (Å²) in [5, 5.41) is 0. The number of hydrogen-bond acceptors (Lipinski definition) is 4. The van der Waals surface area contributed by atoms with E-state index in [0.29, 0.717) is 6.54 Å². The van der Waals surface area contributed by atoms with Gasteiger partial charge in [0.25, 0.3) is 10.2 Å². The minimum Gasteiger partial charge on any atom is -0.468 e. The maximum absolute atomic E-state index is 11.6. The molecule has 1 rings (SSSR count). The van der Waals surface area contributed by atoms with Crippen LogP contribution in [0.3, 0.4) is 0 Å². The van der Waals surface area contributed by atoms with E-state index >= 15 is 0 Å². The van der Waals surface area contributed by atoms with Gasteiger partial charge in [0.1, 0.15) is 5.76 Å². The van der Waals surface area contributed by atoms with E-state index in [1.165, 1.54) is 0 Å². The van der Waals surface area contributed by atoms with Crippen molar-refractivity contribution in [1.29, 1.82) is 0 Å². The molecule has 0 saturated carbocycles. The number of nitrogens with one attached hydrogen (secondary N) is 2. The van der Waals surface area contributed by atoms with Crippen LogP contribution in [0.4, 0.5) is 0 Å². The van der Waals surface area contributed by atoms with Crippen molar-refractivity contribution < 1.29 is 12.8 Å². The Morgan fingerprint density at radius 1 is 1.26 bits per heavy atom. The summed E-state index contributed by atoms with van der Waals surface area (Å²) in [5.74, 6) is 0.767. The van der Waals surface area contributed by atoms with Gasteiger partial charge in [0.05, 0.1) is 12.3 Å². The van der Waals surface area contributed by atoms with Crippen molar-refractivity contribution in [3.8, 4) is 0 Å². The third kappa shape index (κ3) is 4.94. The summed E-state index contributed by atoms with van der Waals surface area (Å²) in [6, 6.07) is 3.58. The summed E-state index contributed by atoms with van der Waals surface area (Å²) in [5.41, 5.74) is 0. The van der Waals surface area contributed by atoms with E-state index in [0.717, 1.165) is 18.8 Å². The summed E-state index contributed by atoms with van der Waals surface area (Å²) in [7, 11) is -3.44. The van der Waals surface area contributed by atoms with Crippen LogP contribution in [0.1, 0.15) is 32.6 Å². The molecule has 0 saturated heterocycles. The van der Waals surface area contributed by atoms with Gasteiger partial charge in [0.15, 0.2) is 0 Å². The lowest BCUT2D eigenvalue weighted by Gasteiger charge is -2.28. The highest BCUT2D eigenvalue weighted by Gasteiger charge is 2.22. The monoisotopic (exact) mass is 289 g/mol. The average Bonchev–Trinajstić information content (AvgIpc) is 2.88. The van der Waals surface area contributed by atoms with Crippen molar-refractivity contribution in [2.24, 2.45) is 0 Å². The van der Waals surface area contributed by atoms with Crippen molar-refractivity contribution in [3.63, 3.8) is 0 Å². The molecule has 110 valence electrons. The molecule has 0 aromatic carbocycles. The minimum atomic E-state index is -3.44. The van der Waals surface area contributed by atoms with Gasteiger partial charge in [-0.1, -0.05) is 20.8 Å². The van der Waals surface area contributed by atoms with Gasteiger partial charge in [-0.25, -0.2) is 9.44 Å². The highest BCUT2D eigenvalue weighted by Crippen LogP contribution is 2.20. The zero-order valence-corrected chi connectivity index (χ0v) is 12.5. The molecule has 19 heavy (non-hydrogen) atoms. The molecule has 0 radical (unpaired) electrons. The van der Waals surface area contributed by atoms with Crippen LogP contribution in [-0.4, -0.2) is 39.5 Å². The van der Waals surface area contributed by atoms with Gasteiger partial charge < -0.3 is 4.42 Å². The van der Waals surface area contributed by atoms with E-state index in [-0.39, 0.29) is 12.6 Å². The first-order valence-corrected chi connectivity index (χ1v) is 8.04. The average molecular weight is 289 g/mol. The summed E-state index contributed by atoms with van der Waals surface area (Å²) >= 11 is 0. The molecule has 0 fully saturated rings. The summed E-state index contributed by atoms with van der Waals surface area (Å²) in [4.78, 5) is 2.15. The van der Waals surface area contributed by atoms with Crippen molar-refractivity contribution in [2.45, 2.75) is 26.8 Å². The topological polar surface area (TPSA) is 74.6 Å². The molecule has 1 aromatic heterocycles. The summed E-state index contributed by atoms with van der Waals surface area (Å²) in [6.07, 6.45) is 1.60. The summed E-state index contributed by atoms with van der Waals surface area (Å²) in [6.45, 7) is 8.12. The van der Waals surface area contributed by atoms with E-state index in [2.05, 4.69) is 14.3 Å². The second kappa shape index (κ2) is 7.64. The Balaban J connectivity index is 2.76. The molecule has 1 heterocycles. The molecule has 0 amide bonds. The molecule has 0 aliphatic rings. The minimum absolute atomic E-state index is 0.0987. The van der Waals surface area contributed by atoms with Gasteiger partial charge in [-0.3, -0.25) is 4.90 Å². The quantitative estimate of drug-likeness (QED) is 0.714. The highest BCUT2D eigenvalue weighted by atomic mass is 32.2. The normalized spacial score (nSPS) is 13.9. The van der Waals surface area contributed by atoms with E-state index < -0.39 is 10.2 Å². The number of rotatable bonds is 9. The molecule has 0 aliphatic heterocycles. The lowest BCUT2D eigenvalue weighted by Crippen LogP contribution is -2.42. The largest absolute Gasteiger partial charge is 0.468 e. The fourth-order valence-electron chi connectivity index (χ4n) is 1.98. The number of likely N-dealkylation sites (N-methyl/N-ethyl adjacent to an activating group) is 1. The Kier molecular flexibility index (Phi) is 6.50. The fraction of sp³-hybridized carbons (Fsp3) is 0.667. The van der Waals surface area contributed by atoms with Crippen molar-refractivity contribution in [3.05, 3.63) is 24.2 Å². The lowest BCUT2D eigenvalue weighted by atomic mass is 10.2. The zero-order valence-electron chi connectivity index (χ0n) is 11.7. The Morgan fingerprint density at radius 2 is 1.95 bits per heavy atom. The molecule has 2 N–H and O–H groups in total. The predicted molar refractivity (Wildman–Crippen MR) is 75.0 cm³/mol. The zero-order chi connectivity index (χ0) is 14.3. The van der Waals surface area contributed by atoms with Crippen molar-refractivity contribution >= 4 is 10.2 Å². The van der Waals surface area contributed by atoms with Gasteiger partial charge >= 0.3 is 0 Å². The third-order valence-electron chi connectivity index (χ3n) is 2.93. The standard InChI is InChI=1S/C12H23N3O3S/c1-4-13-19(16,17)14-10-11(15(5-2)6-3)12-8-7-9-18-12/h7-9,11,13-14H,4-6,10H2,1-3H3. The van der Waals surface area contributed by atoms with E-state index in [1.807, 2.05) is 26.0 Å². The first-order chi connectivity index (χ1) is 9.04. The molecular weight excluding hydrogens is 266 g/mol. The fourth-order valence-corrected chi connectivity index (χ4v) is 2.84. The van der Waals surface area contributed by atoms with Crippen LogP contribution in [0.2, 0.25) is 0 Å². The second-order valence-corrected chi connectivity index (χ2v) is 5.69. The molecular formula is C12H23N3O3S. The van der Waals surface area contributed by atoms with Crippen LogP contribution in [-0.2, 0) is 10.2 Å². The molecule has 6 nitrogen and oxygen atoms in total. The van der Waals surface area contributed by atoms with Crippen LogP contribution in [0, 0.1) is 0 Å².